The lowest BCUT2D eigenvalue weighted by atomic mass is 10.0. The second-order valence-electron chi connectivity index (χ2n) is 6.40. The van der Waals surface area contributed by atoms with Crippen molar-refractivity contribution >= 4 is 50.0 Å². The van der Waals surface area contributed by atoms with E-state index in [0.717, 1.165) is 37.8 Å². The minimum Gasteiger partial charge on any atom is -0.261 e. The Morgan fingerprint density at radius 2 is 1.71 bits per heavy atom. The first-order valence-electron chi connectivity index (χ1n) is 8.82. The molecular formula is C23H17BrClN3. The maximum absolute atomic E-state index is 6.23. The van der Waals surface area contributed by atoms with Crippen molar-refractivity contribution in [2.24, 2.45) is 5.10 Å². The van der Waals surface area contributed by atoms with Crippen LogP contribution >= 0.6 is 27.5 Å². The number of nitrogens with one attached hydrogen (secondary N) is 1. The average molecular weight is 451 g/mol. The molecule has 5 heteroatoms. The number of benzene rings is 3. The van der Waals surface area contributed by atoms with Gasteiger partial charge >= 0.3 is 0 Å². The number of anilines is 1. The Bertz CT molecular complexity index is 1160. The Balaban J connectivity index is 1.74. The van der Waals surface area contributed by atoms with Gasteiger partial charge in [-0.2, -0.15) is 5.10 Å². The molecule has 0 aliphatic carbocycles. The summed E-state index contributed by atoms with van der Waals surface area (Å²) in [7, 11) is 0. The highest BCUT2D eigenvalue weighted by atomic mass is 79.9. The molecule has 0 aliphatic rings. The lowest BCUT2D eigenvalue weighted by molar-refractivity contribution is 1.25. The van der Waals surface area contributed by atoms with Crippen molar-refractivity contribution in [2.75, 3.05) is 5.43 Å². The fourth-order valence-corrected chi connectivity index (χ4v) is 3.45. The molecule has 3 nitrogen and oxygen atoms in total. The summed E-state index contributed by atoms with van der Waals surface area (Å²) in [5, 5.41) is 6.22. The highest BCUT2D eigenvalue weighted by molar-refractivity contribution is 9.10. The normalized spacial score (nSPS) is 11.6. The zero-order valence-electron chi connectivity index (χ0n) is 15.2. The van der Waals surface area contributed by atoms with Gasteiger partial charge in [-0.3, -0.25) is 5.43 Å². The lowest BCUT2D eigenvalue weighted by Gasteiger charge is -2.11. The Hall–Kier alpha value is -2.69. The van der Waals surface area contributed by atoms with Gasteiger partial charge in [0.15, 0.2) is 0 Å². The second-order valence-corrected chi connectivity index (χ2v) is 7.75. The van der Waals surface area contributed by atoms with Crippen molar-refractivity contribution < 1.29 is 0 Å². The van der Waals surface area contributed by atoms with Gasteiger partial charge in [0.05, 0.1) is 11.2 Å². The van der Waals surface area contributed by atoms with Gasteiger partial charge in [0, 0.05) is 14.9 Å². The summed E-state index contributed by atoms with van der Waals surface area (Å²) in [5.74, 6) is 0.685. The van der Waals surface area contributed by atoms with E-state index in [1.807, 2.05) is 73.7 Å². The number of hydrazone groups is 1. The predicted molar refractivity (Wildman–Crippen MR) is 122 cm³/mol. The minimum absolute atomic E-state index is 0.685. The molecule has 138 valence electrons. The first kappa shape index (κ1) is 18.7. The van der Waals surface area contributed by atoms with E-state index in [2.05, 4.69) is 38.6 Å². The molecule has 4 aromatic rings. The topological polar surface area (TPSA) is 37.3 Å². The van der Waals surface area contributed by atoms with Crippen LogP contribution in [0.15, 0.2) is 88.4 Å². The van der Waals surface area contributed by atoms with E-state index in [1.54, 1.807) is 0 Å². The van der Waals surface area contributed by atoms with E-state index < -0.39 is 0 Å². The standard InChI is InChI=1S/C23H17BrClN3/c1-15(16-7-9-18(24)10-8-16)27-28-23-14-20(17-5-3-2-4-6-17)21-13-19(25)11-12-22(21)26-23/h2-14H,1H3,(H,26,28)/b27-15+. The summed E-state index contributed by atoms with van der Waals surface area (Å²) in [4.78, 5) is 4.70. The van der Waals surface area contributed by atoms with Crippen LogP contribution in [0.25, 0.3) is 22.0 Å². The molecule has 28 heavy (non-hydrogen) atoms. The molecule has 1 aromatic heterocycles. The first-order chi connectivity index (χ1) is 13.6. The van der Waals surface area contributed by atoms with Crippen LogP contribution in [-0.2, 0) is 0 Å². The molecule has 0 spiro atoms. The molecule has 0 bridgehead atoms. The third kappa shape index (κ3) is 4.08. The molecule has 0 radical (unpaired) electrons. The van der Waals surface area contributed by atoms with E-state index in [1.165, 1.54) is 0 Å². The monoisotopic (exact) mass is 449 g/mol. The van der Waals surface area contributed by atoms with E-state index in [-0.39, 0.29) is 0 Å². The van der Waals surface area contributed by atoms with Gasteiger partial charge in [-0.05, 0) is 60.0 Å². The molecule has 1 N–H and O–H groups in total. The lowest BCUT2D eigenvalue weighted by Crippen LogP contribution is -2.01. The van der Waals surface area contributed by atoms with E-state index >= 15 is 0 Å². The molecule has 3 aromatic carbocycles. The molecule has 0 saturated heterocycles. The number of aromatic nitrogens is 1. The van der Waals surface area contributed by atoms with Crippen LogP contribution in [0.3, 0.4) is 0 Å². The van der Waals surface area contributed by atoms with Gasteiger partial charge in [-0.25, -0.2) is 4.98 Å². The summed E-state index contributed by atoms with van der Waals surface area (Å²) >= 11 is 9.68. The van der Waals surface area contributed by atoms with Gasteiger partial charge in [0.2, 0.25) is 0 Å². The summed E-state index contributed by atoms with van der Waals surface area (Å²) in [6, 6.07) is 26.0. The molecular weight excluding hydrogens is 434 g/mol. The summed E-state index contributed by atoms with van der Waals surface area (Å²) in [6.45, 7) is 1.97. The smallest absolute Gasteiger partial charge is 0.147 e. The predicted octanol–water partition coefficient (Wildman–Crippen LogP) is 7.15. The van der Waals surface area contributed by atoms with Crippen LogP contribution in [0.5, 0.6) is 0 Å². The van der Waals surface area contributed by atoms with Gasteiger partial charge < -0.3 is 0 Å². The van der Waals surface area contributed by atoms with Crippen molar-refractivity contribution in [3.8, 4) is 11.1 Å². The van der Waals surface area contributed by atoms with Crippen molar-refractivity contribution in [2.45, 2.75) is 6.92 Å². The van der Waals surface area contributed by atoms with Gasteiger partial charge in [0.25, 0.3) is 0 Å². The second kappa shape index (κ2) is 8.13. The zero-order chi connectivity index (χ0) is 19.5. The molecule has 0 fully saturated rings. The molecule has 0 aliphatic heterocycles. The van der Waals surface area contributed by atoms with E-state index in [0.29, 0.717) is 10.8 Å². The van der Waals surface area contributed by atoms with Gasteiger partial charge in [0.1, 0.15) is 5.82 Å². The number of hydrogen-bond donors (Lipinski definition) is 1. The molecule has 0 amide bonds. The highest BCUT2D eigenvalue weighted by Gasteiger charge is 2.09. The van der Waals surface area contributed by atoms with Crippen molar-refractivity contribution in [1.82, 2.24) is 4.98 Å². The molecule has 0 unspecified atom stereocenters. The summed E-state index contributed by atoms with van der Waals surface area (Å²) in [6.07, 6.45) is 0. The van der Waals surface area contributed by atoms with E-state index in [9.17, 15) is 0 Å². The number of pyridine rings is 1. The molecule has 4 rings (SSSR count). The SMILES string of the molecule is C/C(=N\Nc1cc(-c2ccccc2)c2cc(Cl)ccc2n1)c1ccc(Br)cc1. The molecule has 0 atom stereocenters. The molecule has 0 saturated carbocycles. The van der Waals surface area contributed by atoms with Crippen LogP contribution in [0, 0.1) is 0 Å². The Morgan fingerprint density at radius 1 is 0.964 bits per heavy atom. The van der Waals surface area contributed by atoms with Gasteiger partial charge in [-0.1, -0.05) is 70.0 Å². The number of hydrogen-bond acceptors (Lipinski definition) is 3. The average Bonchev–Trinajstić information content (AvgIpc) is 2.72. The Morgan fingerprint density at radius 3 is 2.46 bits per heavy atom. The number of halogens is 2. The zero-order valence-corrected chi connectivity index (χ0v) is 17.5. The molecule has 1 heterocycles. The Labute approximate surface area is 177 Å². The first-order valence-corrected chi connectivity index (χ1v) is 9.99. The van der Waals surface area contributed by atoms with Crippen LogP contribution < -0.4 is 5.43 Å². The third-order valence-corrected chi connectivity index (χ3v) is 5.22. The van der Waals surface area contributed by atoms with Crippen LogP contribution in [-0.4, -0.2) is 10.7 Å². The fourth-order valence-electron chi connectivity index (χ4n) is 3.01. The number of rotatable bonds is 4. The summed E-state index contributed by atoms with van der Waals surface area (Å²) in [5.41, 5.74) is 8.07. The van der Waals surface area contributed by atoms with Gasteiger partial charge in [-0.15, -0.1) is 0 Å². The Kier molecular flexibility index (Phi) is 5.42. The van der Waals surface area contributed by atoms with E-state index in [4.69, 9.17) is 16.6 Å². The van der Waals surface area contributed by atoms with Crippen molar-refractivity contribution in [3.05, 3.63) is 93.9 Å². The van der Waals surface area contributed by atoms with Crippen LogP contribution in [0.2, 0.25) is 5.02 Å². The largest absolute Gasteiger partial charge is 0.261 e. The van der Waals surface area contributed by atoms with Crippen molar-refractivity contribution in [3.63, 3.8) is 0 Å². The van der Waals surface area contributed by atoms with Crippen LogP contribution in [0.1, 0.15) is 12.5 Å². The number of nitrogens with zero attached hydrogens (tertiary/aromatic N) is 2. The van der Waals surface area contributed by atoms with Crippen molar-refractivity contribution in [1.29, 1.82) is 0 Å². The maximum atomic E-state index is 6.23. The highest BCUT2D eigenvalue weighted by Crippen LogP contribution is 2.32. The quantitative estimate of drug-likeness (QED) is 0.265. The minimum atomic E-state index is 0.685. The maximum Gasteiger partial charge on any atom is 0.147 e. The number of fused-ring (bicyclic) bond motifs is 1. The fraction of sp³-hybridized carbons (Fsp3) is 0.0435. The van der Waals surface area contributed by atoms with Crippen LogP contribution in [0.4, 0.5) is 5.82 Å². The summed E-state index contributed by atoms with van der Waals surface area (Å²) < 4.78 is 1.04. The third-order valence-electron chi connectivity index (χ3n) is 4.46.